The molecule has 57 nitrogen and oxygen atoms in total. The van der Waals surface area contributed by atoms with E-state index in [0.717, 1.165) is 30.6 Å². The summed E-state index contributed by atoms with van der Waals surface area (Å²) in [4.78, 5) is 321. The number of aliphatic carboxylic acids is 2. The van der Waals surface area contributed by atoms with Crippen molar-refractivity contribution in [2.75, 3.05) is 84.5 Å². The van der Waals surface area contributed by atoms with Gasteiger partial charge in [0, 0.05) is 44.8 Å². The topological polar surface area (TPSA) is 905 Å². The van der Waals surface area contributed by atoms with Gasteiger partial charge in [0.1, 0.15) is 90.6 Å². The van der Waals surface area contributed by atoms with Crippen molar-refractivity contribution in [2.24, 2.45) is 34.8 Å². The number of likely N-dealkylation sites (tertiary alicyclic amines) is 3. The SMILES string of the molecule is CC[C@H](C)[C@H](NC(=O)[C@@H]1CCCN1C(=O)CNC(=O)[C@@H](NC(=O)[C@H](CO)NC(=O)[C@@H]1CCCN1C(=O)[C@H](CC(=O)O)NC(=O)CNC(=O)[C@H](CCC(N)=O)NC(=O)[C@H](CCCNC(=N)N)NC(=O)[C@H](C)NC(=O)[C@H](CCC(N)=O)NC(=O)[C@@H](NC(=O)CNC(=O)[C@H](CS)NC(=O)[C@H](CO)NC(=O)[C@H](CO)NC(=O)CNC(=O)CNC(=O)[C@@H]1CCCN1C(=O)[C@@H](N)C(C)C)[C@@H](C)O)[C@@H](C)O)C(=O)O. The summed E-state index contributed by atoms with van der Waals surface area (Å²) in [5, 5.41) is 119. The average Bonchev–Trinajstić information content (AvgIpc) is 1.70. The van der Waals surface area contributed by atoms with Crippen LogP contribution < -0.4 is 119 Å². The third-order valence-corrected chi connectivity index (χ3v) is 22.3. The molecule has 3 fully saturated rings. The average molecular weight is 1970 g/mol. The molecule has 0 saturated carbocycles. The number of aliphatic hydroxyl groups excluding tert-OH is 5. The van der Waals surface area contributed by atoms with Crippen LogP contribution in [0.2, 0.25) is 0 Å². The second-order valence-corrected chi connectivity index (χ2v) is 33.3. The lowest BCUT2D eigenvalue weighted by molar-refractivity contribution is -0.146. The third-order valence-electron chi connectivity index (χ3n) is 21.9. The number of amides is 22. The predicted octanol–water partition coefficient (Wildman–Crippen LogP) is -16.6. The number of primary amides is 2. The molecule has 22 amide bonds. The lowest BCUT2D eigenvalue weighted by atomic mass is 9.99. The summed E-state index contributed by atoms with van der Waals surface area (Å²) < 4.78 is 0. The van der Waals surface area contributed by atoms with Crippen molar-refractivity contribution < 1.29 is 151 Å². The minimum atomic E-state index is -1.99. The Morgan fingerprint density at radius 3 is 1.31 bits per heavy atom. The zero-order chi connectivity index (χ0) is 104. The number of aliphatic hydroxyl groups is 5. The van der Waals surface area contributed by atoms with Crippen LogP contribution in [0.3, 0.4) is 0 Å². The van der Waals surface area contributed by atoms with Gasteiger partial charge in [0.15, 0.2) is 5.96 Å². The summed E-state index contributed by atoms with van der Waals surface area (Å²) in [5.74, 6) is -28.2. The van der Waals surface area contributed by atoms with Gasteiger partial charge in [-0.15, -0.1) is 0 Å². The lowest BCUT2D eigenvalue weighted by Crippen LogP contribution is -2.61. The fraction of sp³-hybridized carbons (Fsp3) is 0.684. The molecular weight excluding hydrogens is 1840 g/mol. The van der Waals surface area contributed by atoms with E-state index in [-0.39, 0.29) is 64.2 Å². The number of nitrogens with two attached hydrogens (primary N) is 4. The van der Waals surface area contributed by atoms with Crippen LogP contribution in [0, 0.1) is 17.2 Å². The first kappa shape index (κ1) is 118. The molecule has 3 saturated heterocycles. The van der Waals surface area contributed by atoms with E-state index >= 15 is 0 Å². The Morgan fingerprint density at radius 2 is 0.803 bits per heavy atom. The third kappa shape index (κ3) is 39.5. The van der Waals surface area contributed by atoms with Crippen LogP contribution >= 0.6 is 12.6 Å². The van der Waals surface area contributed by atoms with Gasteiger partial charge in [0.2, 0.25) is 130 Å². The Labute approximate surface area is 790 Å². The fourth-order valence-corrected chi connectivity index (χ4v) is 14.2. The van der Waals surface area contributed by atoms with Crippen molar-refractivity contribution in [1.82, 2.24) is 110 Å². The first-order valence-corrected chi connectivity index (χ1v) is 44.5. The number of nitrogens with one attached hydrogen (secondary N) is 19. The van der Waals surface area contributed by atoms with Gasteiger partial charge < -0.3 is 169 Å². The van der Waals surface area contributed by atoms with Crippen molar-refractivity contribution in [1.29, 1.82) is 5.41 Å². The van der Waals surface area contributed by atoms with Crippen molar-refractivity contribution in [2.45, 2.75) is 247 Å². The quantitative estimate of drug-likeness (QED) is 0.0116. The van der Waals surface area contributed by atoms with Gasteiger partial charge in [0.05, 0.1) is 77.2 Å². The summed E-state index contributed by atoms with van der Waals surface area (Å²) in [5.41, 5.74) is 22.1. The maximum Gasteiger partial charge on any atom is 0.326 e. The number of thiol groups is 1. The molecule has 3 aliphatic heterocycles. The van der Waals surface area contributed by atoms with E-state index < -0.39 is 353 Å². The van der Waals surface area contributed by atoms with Crippen molar-refractivity contribution in [3.63, 3.8) is 0 Å². The molecule has 137 heavy (non-hydrogen) atoms. The summed E-state index contributed by atoms with van der Waals surface area (Å²) in [7, 11) is 0. The molecule has 0 bridgehead atoms. The van der Waals surface area contributed by atoms with Gasteiger partial charge in [-0.3, -0.25) is 116 Å². The molecule has 0 radical (unpaired) electrons. The van der Waals surface area contributed by atoms with Crippen LogP contribution in [0.15, 0.2) is 0 Å². The molecule has 0 aromatic rings. The van der Waals surface area contributed by atoms with Crippen LogP contribution in [0.5, 0.6) is 0 Å². The Morgan fingerprint density at radius 1 is 0.401 bits per heavy atom. The van der Waals surface area contributed by atoms with Crippen LogP contribution in [0.25, 0.3) is 0 Å². The Bertz CT molecular complexity index is 4340. The highest BCUT2D eigenvalue weighted by Gasteiger charge is 2.44. The molecule has 0 aromatic carbocycles. The molecule has 0 aliphatic carbocycles. The van der Waals surface area contributed by atoms with E-state index in [2.05, 4.69) is 108 Å². The maximum absolute atomic E-state index is 14.2. The van der Waals surface area contributed by atoms with Gasteiger partial charge in [-0.1, -0.05) is 34.1 Å². The van der Waals surface area contributed by atoms with Gasteiger partial charge in [0.25, 0.3) is 0 Å². The molecule has 3 aliphatic rings. The van der Waals surface area contributed by atoms with Gasteiger partial charge in [-0.25, -0.2) is 4.79 Å². The van der Waals surface area contributed by atoms with Gasteiger partial charge >= 0.3 is 11.9 Å². The van der Waals surface area contributed by atoms with Crippen LogP contribution in [0.4, 0.5) is 0 Å². The van der Waals surface area contributed by atoms with Crippen molar-refractivity contribution in [3.8, 4) is 0 Å². The van der Waals surface area contributed by atoms with E-state index in [0.29, 0.717) is 25.7 Å². The number of hydrogen-bond acceptors (Lipinski definition) is 32. The molecule has 19 atom stereocenters. The highest BCUT2D eigenvalue weighted by Crippen LogP contribution is 2.23. The second kappa shape index (κ2) is 58.8. The number of guanidine groups is 1. The molecular formula is C79H130N26O31S. The lowest BCUT2D eigenvalue weighted by Gasteiger charge is -2.30. The predicted molar refractivity (Wildman–Crippen MR) is 475 cm³/mol. The second-order valence-electron chi connectivity index (χ2n) is 32.9. The molecule has 0 aromatic heterocycles. The van der Waals surface area contributed by atoms with Crippen LogP contribution in [-0.2, 0) is 115 Å². The summed E-state index contributed by atoms with van der Waals surface area (Å²) in [6, 6.07) is -25.8. The smallest absolute Gasteiger partial charge is 0.326 e. The molecule has 34 N–H and O–H groups in total. The number of nitrogens with zero attached hydrogens (tertiary/aromatic N) is 3. The zero-order valence-corrected chi connectivity index (χ0v) is 77.6. The normalized spacial score (nSPS) is 17.9. The number of rotatable bonds is 59. The number of carbonyl (C=O) groups is 24. The van der Waals surface area contributed by atoms with Gasteiger partial charge in [-0.2, -0.15) is 12.6 Å². The maximum atomic E-state index is 14.2. The van der Waals surface area contributed by atoms with E-state index in [1.165, 1.54) is 4.90 Å². The molecule has 58 heteroatoms. The molecule has 0 unspecified atom stereocenters. The van der Waals surface area contributed by atoms with Crippen molar-refractivity contribution >= 4 is 160 Å². The van der Waals surface area contributed by atoms with E-state index in [1.54, 1.807) is 27.7 Å². The van der Waals surface area contributed by atoms with Gasteiger partial charge in [-0.05, 0) is 96.8 Å². The molecule has 3 rings (SSSR count). The first-order chi connectivity index (χ1) is 64.4. The minimum absolute atomic E-state index is 0.0602. The Kier molecular flexibility index (Phi) is 50.6. The Hall–Kier alpha value is -13.3. The number of carboxylic acids is 2. The standard InChI is InChI=1S/C79H130N26O31S/c1-8-36(4)60(78(135)136)101-73(130)49-15-10-22-103(49)57(117)30-90-74(131)61(38(6)109)102-70(127)46(33-108)98-72(129)50-16-12-23-104(50)76(133)43(25-58(118)119)92-55(115)28-87-64(121)41(17-19-51(80)111)95-67(124)40(13-9-21-85-79(83)84)94-63(120)37(5)91-66(123)42(18-20-52(81)112)96-75(132)62(39(7)110)100-56(116)29-88-65(122)47(34-137)99-69(126)45(32-107)97-68(125)44(31-106)93-54(114)27-86-53(113)26-89-71(128)48-14-11-24-105(48)77(134)59(82)35(2)3/h35-50,59-62,106-110,137H,8-34,82H2,1-7H3,(H2,80,111)(H2,81,112)(H,86,113)(H,87,121)(H,88,122)(H,89,128)(H,90,131)(H,91,123)(H,92,115)(H,93,114)(H,94,120)(H,95,124)(H,96,132)(H,97,125)(H,98,129)(H,99,126)(H,100,116)(H,101,130)(H,102,127)(H,118,119)(H,135,136)(H4,83,84,85)/t36-,37-,38+,39+,40-,41-,42-,43-,44-,45-,46-,47-,48-,49-,50-,59-,60-,61-,62-/m0/s1. The molecule has 3 heterocycles. The summed E-state index contributed by atoms with van der Waals surface area (Å²) in [6.45, 7) is 2.23. The molecule has 0 spiro atoms. The van der Waals surface area contributed by atoms with E-state index in [4.69, 9.17) is 28.3 Å². The highest BCUT2D eigenvalue weighted by atomic mass is 32.1. The summed E-state index contributed by atoms with van der Waals surface area (Å²) in [6.07, 6.45) is -5.93. The minimum Gasteiger partial charge on any atom is -0.481 e. The first-order valence-electron chi connectivity index (χ1n) is 43.9. The zero-order valence-electron chi connectivity index (χ0n) is 76.7. The molecule has 768 valence electrons. The Balaban J connectivity index is 1.67. The number of carboxylic acid groups (broad SMARTS) is 2. The number of hydrogen-bond donors (Lipinski definition) is 31. The monoisotopic (exact) mass is 1970 g/mol. The highest BCUT2D eigenvalue weighted by molar-refractivity contribution is 7.80. The van der Waals surface area contributed by atoms with Crippen LogP contribution in [-0.4, -0.2) is 392 Å². The van der Waals surface area contributed by atoms with Crippen LogP contribution in [0.1, 0.15) is 138 Å². The fourth-order valence-electron chi connectivity index (χ4n) is 13.9. The largest absolute Gasteiger partial charge is 0.481 e. The van der Waals surface area contributed by atoms with E-state index in [1.807, 2.05) is 0 Å². The summed E-state index contributed by atoms with van der Waals surface area (Å²) >= 11 is 4.03. The van der Waals surface area contributed by atoms with Crippen molar-refractivity contribution in [3.05, 3.63) is 0 Å². The van der Waals surface area contributed by atoms with E-state index in [9.17, 15) is 151 Å². The number of carbonyl (C=O) groups excluding carboxylic acids is 22.